The Bertz CT molecular complexity index is 1750. The van der Waals surface area contributed by atoms with Crippen molar-refractivity contribution in [1.82, 2.24) is 0 Å². The maximum atomic E-state index is 2.88. The second-order valence-corrected chi connectivity index (χ2v) is 42.5. The van der Waals surface area contributed by atoms with Crippen molar-refractivity contribution in [2.24, 2.45) is 116 Å². The Labute approximate surface area is 426 Å². The average molecular weight is 995 g/mol. The fourth-order valence-electron chi connectivity index (χ4n) is 25.1. The Hall–Kier alpha value is 0.940. The zero-order valence-electron chi connectivity index (χ0n) is 45.8. The molecule has 16 fully saturated rings. The predicted molar refractivity (Wildman–Crippen MR) is 302 cm³/mol. The van der Waals surface area contributed by atoms with E-state index in [1.165, 1.54) is 34.3 Å². The number of hydrogen-bond acceptors (Lipinski definition) is 0. The summed E-state index contributed by atoms with van der Waals surface area (Å²) in [5, 5.41) is 4.15. The molecule has 16 aliphatic carbocycles. The van der Waals surface area contributed by atoms with Gasteiger partial charge in [-0.05, 0) is 277 Å². The Morgan fingerprint density at radius 1 is 0.324 bits per heavy atom. The highest BCUT2D eigenvalue weighted by Crippen LogP contribution is 2.79. The molecule has 12 unspecified atom stereocenters. The molecule has 0 aromatic heterocycles. The van der Waals surface area contributed by atoms with Crippen molar-refractivity contribution >= 4 is 34.3 Å². The van der Waals surface area contributed by atoms with Crippen LogP contribution >= 0.6 is 34.3 Å². The molecular weight excluding hydrogens is 893 g/mol. The fraction of sp³-hybridized carbons (Fsp3) is 0.906. The molecule has 0 heterocycles. The fourth-order valence-corrected chi connectivity index (χ4v) is 38.1. The van der Waals surface area contributed by atoms with Crippen LogP contribution in [0.4, 0.5) is 0 Å². The molecule has 16 aliphatic rings. The van der Waals surface area contributed by atoms with Gasteiger partial charge in [0.2, 0.25) is 0 Å². The van der Waals surface area contributed by atoms with Gasteiger partial charge in [-0.2, -0.15) is 0 Å². The van der Waals surface area contributed by atoms with Gasteiger partial charge in [-0.25, -0.2) is 0 Å². The van der Waals surface area contributed by atoms with Gasteiger partial charge in [0, 0.05) is 10.8 Å². The minimum absolute atomic E-state index is 0.465. The molecule has 12 atom stereocenters. The third-order valence-electron chi connectivity index (χ3n) is 24.5. The number of benzene rings is 1. The SMILES string of the molecule is CC(C)(C)C1C2CC3CC1CC(PC(PC14CC5CC(C1)C(C(C)(C)C)C(C5)C4)c1ccccc1C(PC14CC5CC(C1)C(C(C)(C)C)C(C5)C4)PC14CC5CC(C1)C(C(C)(C)C)C(C5)C4)(C3)C2. The Balaban J connectivity index is 0.897. The maximum absolute atomic E-state index is 2.88. The van der Waals surface area contributed by atoms with E-state index in [1.54, 1.807) is 128 Å². The monoisotopic (exact) mass is 995 g/mol. The maximum Gasteiger partial charge on any atom is 0.0199 e. The van der Waals surface area contributed by atoms with Gasteiger partial charge in [0.05, 0.1) is 0 Å². The number of rotatable bonds is 10. The van der Waals surface area contributed by atoms with E-state index in [0.29, 0.717) is 42.3 Å². The Morgan fingerprint density at radius 2 is 0.515 bits per heavy atom. The average Bonchev–Trinajstić information content (AvgIpc) is 3.16. The van der Waals surface area contributed by atoms with E-state index >= 15 is 0 Å². The van der Waals surface area contributed by atoms with Crippen molar-refractivity contribution in [2.45, 2.75) is 243 Å². The summed E-state index contributed by atoms with van der Waals surface area (Å²) in [6.45, 7) is 31.6. The van der Waals surface area contributed by atoms with Crippen molar-refractivity contribution in [2.75, 3.05) is 0 Å². The summed E-state index contributed by atoms with van der Waals surface area (Å²) in [4.78, 5) is 0. The molecule has 0 spiro atoms. The van der Waals surface area contributed by atoms with Crippen molar-refractivity contribution in [3.8, 4) is 0 Å². The number of hydrogen-bond donors (Lipinski definition) is 0. The molecule has 0 aliphatic heterocycles. The summed E-state index contributed by atoms with van der Waals surface area (Å²) >= 11 is 0. The van der Waals surface area contributed by atoms with E-state index in [4.69, 9.17) is 0 Å². The minimum Gasteiger partial charge on any atom is -0.104 e. The highest BCUT2D eigenvalue weighted by Gasteiger charge is 2.63. The van der Waals surface area contributed by atoms with Crippen molar-refractivity contribution in [3.05, 3.63) is 35.4 Å². The van der Waals surface area contributed by atoms with E-state index in [9.17, 15) is 0 Å². The van der Waals surface area contributed by atoms with E-state index < -0.39 is 0 Å². The first-order valence-electron chi connectivity index (χ1n) is 30.1. The van der Waals surface area contributed by atoms with Crippen LogP contribution in [0.1, 0.15) is 233 Å². The third kappa shape index (κ3) is 8.24. The van der Waals surface area contributed by atoms with Gasteiger partial charge in [0.1, 0.15) is 0 Å². The zero-order valence-corrected chi connectivity index (χ0v) is 49.8. The standard InChI is InChI=1S/C64H102P4/c1-57(2,3)51-41-17-37-18-42(51)30-61(25-37,29-41)65-55(66-62-26-38-19-43(31-62)52(58(4,5)6)44(20-38)32-62)49-15-13-14-16-50(49)56(67-63-27-39-21-45(33-63)53(59(7,8)9)46(22-39)34-63)68-64-28-40-23-47(35-64)54(60(10,11)12)48(24-40)36-64/h13-16,37-48,51-56,65-68H,17-36H2,1-12H3. The highest BCUT2D eigenvalue weighted by molar-refractivity contribution is 7.59. The molecule has 16 saturated carbocycles. The molecule has 0 nitrogen and oxygen atoms in total. The first kappa shape index (κ1) is 48.6. The topological polar surface area (TPSA) is 0 Å². The van der Waals surface area contributed by atoms with Crippen LogP contribution in [-0.2, 0) is 0 Å². The molecule has 68 heavy (non-hydrogen) atoms. The lowest BCUT2D eigenvalue weighted by molar-refractivity contribution is -0.0711. The largest absolute Gasteiger partial charge is 0.104 e. The lowest BCUT2D eigenvalue weighted by atomic mass is 9.47. The van der Waals surface area contributed by atoms with Crippen molar-refractivity contribution < 1.29 is 0 Å². The van der Waals surface area contributed by atoms with Crippen LogP contribution in [0.15, 0.2) is 24.3 Å². The Kier molecular flexibility index (Phi) is 11.6. The molecule has 1 aromatic rings. The predicted octanol–water partition coefficient (Wildman–Crippen LogP) is 19.4. The second kappa shape index (κ2) is 16.2. The van der Waals surface area contributed by atoms with Gasteiger partial charge in [-0.3, -0.25) is 0 Å². The summed E-state index contributed by atoms with van der Waals surface area (Å²) in [5.41, 5.74) is 5.82. The first-order valence-corrected chi connectivity index (χ1v) is 34.4. The normalized spacial score (nSPS) is 51.1. The van der Waals surface area contributed by atoms with Crippen LogP contribution in [-0.4, -0.2) is 20.6 Å². The smallest absolute Gasteiger partial charge is 0.0199 e. The molecule has 16 bridgehead atoms. The van der Waals surface area contributed by atoms with Gasteiger partial charge in [0.25, 0.3) is 0 Å². The summed E-state index contributed by atoms with van der Waals surface area (Å²) in [6, 6.07) is 11.0. The summed E-state index contributed by atoms with van der Waals surface area (Å²) in [5.74, 6) is 15.9. The van der Waals surface area contributed by atoms with Gasteiger partial charge in [-0.15, -0.1) is 34.3 Å². The molecule has 0 saturated heterocycles. The molecule has 17 rings (SSSR count). The quantitative estimate of drug-likeness (QED) is 0.205. The lowest BCUT2D eigenvalue weighted by Gasteiger charge is -2.65. The minimum atomic E-state index is 0.465. The van der Waals surface area contributed by atoms with Crippen molar-refractivity contribution in [3.63, 3.8) is 0 Å². The molecule has 1 aromatic carbocycles. The summed E-state index contributed by atoms with van der Waals surface area (Å²) in [6.07, 6.45) is 31.7. The summed E-state index contributed by atoms with van der Waals surface area (Å²) in [7, 11) is 4.68. The molecule has 0 N–H and O–H groups in total. The summed E-state index contributed by atoms with van der Waals surface area (Å²) < 4.78 is 0. The van der Waals surface area contributed by atoms with E-state index in [2.05, 4.69) is 107 Å². The zero-order chi connectivity index (χ0) is 47.3. The first-order chi connectivity index (χ1) is 31.9. The third-order valence-corrected chi connectivity index (χ3v) is 33.5. The van der Waals surface area contributed by atoms with Gasteiger partial charge in [-0.1, -0.05) is 107 Å². The molecule has 0 amide bonds. The van der Waals surface area contributed by atoms with Crippen LogP contribution in [0.2, 0.25) is 0 Å². The van der Waals surface area contributed by atoms with Gasteiger partial charge < -0.3 is 0 Å². The molecular formula is C64H102P4. The van der Waals surface area contributed by atoms with E-state index in [0.717, 1.165) is 105 Å². The van der Waals surface area contributed by atoms with Crippen LogP contribution in [0.3, 0.4) is 0 Å². The second-order valence-electron chi connectivity index (χ2n) is 33.6. The van der Waals surface area contributed by atoms with Crippen LogP contribution < -0.4 is 0 Å². The Morgan fingerprint density at radius 3 is 0.691 bits per heavy atom. The van der Waals surface area contributed by atoms with Crippen molar-refractivity contribution in [1.29, 1.82) is 0 Å². The molecule has 0 radical (unpaired) electrons. The molecule has 378 valence electrons. The van der Waals surface area contributed by atoms with Gasteiger partial charge >= 0.3 is 0 Å². The lowest BCUT2D eigenvalue weighted by Crippen LogP contribution is -2.56. The van der Waals surface area contributed by atoms with E-state index in [-0.39, 0.29) is 0 Å². The van der Waals surface area contributed by atoms with Crippen LogP contribution in [0.25, 0.3) is 0 Å². The van der Waals surface area contributed by atoms with E-state index in [1.807, 2.05) is 11.1 Å². The van der Waals surface area contributed by atoms with Crippen LogP contribution in [0.5, 0.6) is 0 Å². The van der Waals surface area contributed by atoms with Gasteiger partial charge in [0.15, 0.2) is 0 Å². The van der Waals surface area contributed by atoms with Crippen LogP contribution in [0, 0.1) is 116 Å². The molecule has 4 heteroatoms. The highest BCUT2D eigenvalue weighted by atomic mass is 31.1.